The number of nitrogens with zero attached hydrogens (tertiary/aromatic N) is 1. The summed E-state index contributed by atoms with van der Waals surface area (Å²) in [6.07, 6.45) is 0. The van der Waals surface area contributed by atoms with Crippen molar-refractivity contribution in [1.82, 2.24) is 10.2 Å². The van der Waals surface area contributed by atoms with Crippen LogP contribution in [0, 0.1) is 5.92 Å². The Morgan fingerprint density at radius 3 is 2.62 bits per heavy atom. The van der Waals surface area contributed by atoms with Crippen LogP contribution in [-0.4, -0.2) is 49.1 Å². The van der Waals surface area contributed by atoms with Gasteiger partial charge in [-0.3, -0.25) is 0 Å². The first-order valence-corrected chi connectivity index (χ1v) is 6.27. The van der Waals surface area contributed by atoms with Crippen LogP contribution in [0.15, 0.2) is 0 Å². The predicted molar refractivity (Wildman–Crippen MR) is 61.4 cm³/mol. The average Bonchev–Trinajstić information content (AvgIpc) is 2.09. The molecule has 0 aromatic rings. The van der Waals surface area contributed by atoms with Crippen LogP contribution in [-0.2, 0) is 0 Å². The van der Waals surface area contributed by atoms with E-state index in [0.29, 0.717) is 12.1 Å². The van der Waals surface area contributed by atoms with Gasteiger partial charge in [-0.15, -0.1) is 0 Å². The van der Waals surface area contributed by atoms with Crippen molar-refractivity contribution in [1.29, 1.82) is 0 Å². The maximum atomic E-state index is 3.45. The van der Waals surface area contributed by atoms with Crippen LogP contribution >= 0.6 is 11.8 Å². The minimum atomic E-state index is 0.637. The summed E-state index contributed by atoms with van der Waals surface area (Å²) in [7, 11) is 4.33. The van der Waals surface area contributed by atoms with E-state index < -0.39 is 0 Å². The summed E-state index contributed by atoms with van der Waals surface area (Å²) in [5, 5.41) is 3.45. The van der Waals surface area contributed by atoms with Crippen molar-refractivity contribution >= 4 is 11.8 Å². The lowest BCUT2D eigenvalue weighted by Gasteiger charge is -2.39. The van der Waals surface area contributed by atoms with E-state index in [4.69, 9.17) is 0 Å². The van der Waals surface area contributed by atoms with Gasteiger partial charge in [0.2, 0.25) is 0 Å². The Morgan fingerprint density at radius 1 is 1.46 bits per heavy atom. The number of hydrogen-bond donors (Lipinski definition) is 1. The summed E-state index contributed by atoms with van der Waals surface area (Å²) in [6.45, 7) is 5.84. The monoisotopic (exact) mass is 202 g/mol. The highest BCUT2D eigenvalue weighted by Crippen LogP contribution is 2.20. The van der Waals surface area contributed by atoms with Gasteiger partial charge >= 0.3 is 0 Å². The quantitative estimate of drug-likeness (QED) is 0.742. The second-order valence-corrected chi connectivity index (χ2v) is 5.33. The summed E-state index contributed by atoms with van der Waals surface area (Å²) in [5.74, 6) is 3.29. The van der Waals surface area contributed by atoms with Crippen molar-refractivity contribution in [2.24, 2.45) is 5.92 Å². The van der Waals surface area contributed by atoms with E-state index in [-0.39, 0.29) is 0 Å². The van der Waals surface area contributed by atoms with E-state index in [1.54, 1.807) is 0 Å². The molecule has 1 N–H and O–H groups in total. The zero-order valence-corrected chi connectivity index (χ0v) is 10.0. The number of hydrogen-bond acceptors (Lipinski definition) is 3. The number of thioether (sulfide) groups is 1. The molecule has 1 aliphatic rings. The fourth-order valence-electron chi connectivity index (χ4n) is 2.05. The minimum Gasteiger partial charge on any atom is -0.315 e. The molecule has 1 saturated heterocycles. The van der Waals surface area contributed by atoms with Crippen LogP contribution in [0.4, 0.5) is 0 Å². The van der Waals surface area contributed by atoms with E-state index >= 15 is 0 Å². The van der Waals surface area contributed by atoms with Crippen molar-refractivity contribution in [3.05, 3.63) is 0 Å². The smallest absolute Gasteiger partial charge is 0.0339 e. The highest BCUT2D eigenvalue weighted by molar-refractivity contribution is 7.99. The molecule has 13 heavy (non-hydrogen) atoms. The molecule has 78 valence electrons. The van der Waals surface area contributed by atoms with E-state index in [0.717, 1.165) is 5.92 Å². The molecule has 0 bridgehead atoms. The molecule has 0 saturated carbocycles. The predicted octanol–water partition coefficient (Wildman–Crippen LogP) is 1.28. The van der Waals surface area contributed by atoms with Gasteiger partial charge in [-0.2, -0.15) is 11.8 Å². The van der Waals surface area contributed by atoms with E-state index in [2.05, 4.69) is 49.9 Å². The Labute approximate surface area is 86.5 Å². The molecule has 1 aliphatic heterocycles. The van der Waals surface area contributed by atoms with Crippen LogP contribution in [0.25, 0.3) is 0 Å². The Bertz CT molecular complexity index is 150. The largest absolute Gasteiger partial charge is 0.315 e. The average molecular weight is 202 g/mol. The molecule has 2 atom stereocenters. The summed E-state index contributed by atoms with van der Waals surface area (Å²) in [4.78, 5) is 2.50. The fraction of sp³-hybridized carbons (Fsp3) is 1.00. The van der Waals surface area contributed by atoms with Gasteiger partial charge in [0.1, 0.15) is 0 Å². The molecule has 2 unspecified atom stereocenters. The summed E-state index contributed by atoms with van der Waals surface area (Å²) in [5.41, 5.74) is 0. The second-order valence-electron chi connectivity index (χ2n) is 4.18. The molecule has 2 nitrogen and oxygen atoms in total. The molecule has 0 aromatic carbocycles. The van der Waals surface area contributed by atoms with Gasteiger partial charge in [0.05, 0.1) is 0 Å². The Balaban J connectivity index is 2.55. The van der Waals surface area contributed by atoms with Gasteiger partial charge in [0.25, 0.3) is 0 Å². The molecular weight excluding hydrogens is 180 g/mol. The standard InChI is InChI=1S/C10H22N2S/c1-8(2)10(11-3)9-7-13-6-5-12(9)4/h8-11H,5-7H2,1-4H3. The second kappa shape index (κ2) is 5.23. The fourth-order valence-corrected chi connectivity index (χ4v) is 3.34. The van der Waals surface area contributed by atoms with Gasteiger partial charge in [-0.1, -0.05) is 13.8 Å². The van der Waals surface area contributed by atoms with Gasteiger partial charge in [-0.25, -0.2) is 0 Å². The Hall–Kier alpha value is 0.270. The molecule has 0 spiro atoms. The number of rotatable bonds is 3. The number of nitrogens with one attached hydrogen (secondary N) is 1. The van der Waals surface area contributed by atoms with Gasteiger partial charge in [-0.05, 0) is 20.0 Å². The third-order valence-corrected chi connectivity index (χ3v) is 3.96. The lowest BCUT2D eigenvalue weighted by atomic mass is 9.96. The molecule has 0 amide bonds. The maximum Gasteiger partial charge on any atom is 0.0339 e. The van der Waals surface area contributed by atoms with Crippen molar-refractivity contribution in [2.45, 2.75) is 25.9 Å². The molecule has 0 radical (unpaired) electrons. The highest BCUT2D eigenvalue weighted by Gasteiger charge is 2.28. The molecule has 1 fully saturated rings. The normalized spacial score (nSPS) is 27.9. The first kappa shape index (κ1) is 11.3. The van der Waals surface area contributed by atoms with Crippen molar-refractivity contribution < 1.29 is 0 Å². The lowest BCUT2D eigenvalue weighted by molar-refractivity contribution is 0.191. The minimum absolute atomic E-state index is 0.637. The third kappa shape index (κ3) is 2.86. The lowest BCUT2D eigenvalue weighted by Crippen LogP contribution is -2.54. The molecule has 1 rings (SSSR count). The Kier molecular flexibility index (Phi) is 4.56. The number of likely N-dealkylation sites (N-methyl/N-ethyl adjacent to an activating group) is 2. The topological polar surface area (TPSA) is 15.3 Å². The summed E-state index contributed by atoms with van der Waals surface area (Å²) in [6, 6.07) is 1.35. The van der Waals surface area contributed by atoms with Crippen molar-refractivity contribution in [3.8, 4) is 0 Å². The third-order valence-electron chi connectivity index (χ3n) is 2.91. The van der Waals surface area contributed by atoms with Gasteiger partial charge in [0, 0.05) is 30.1 Å². The summed E-state index contributed by atoms with van der Waals surface area (Å²) >= 11 is 2.09. The molecular formula is C10H22N2S. The van der Waals surface area contributed by atoms with E-state index in [1.165, 1.54) is 18.1 Å². The molecule has 3 heteroatoms. The maximum absolute atomic E-state index is 3.45. The molecule has 1 heterocycles. The van der Waals surface area contributed by atoms with Crippen LogP contribution < -0.4 is 5.32 Å². The zero-order chi connectivity index (χ0) is 9.84. The van der Waals surface area contributed by atoms with Gasteiger partial charge in [0.15, 0.2) is 0 Å². The SMILES string of the molecule is CNC(C(C)C)C1CSCCN1C. The first-order valence-electron chi connectivity index (χ1n) is 5.12. The van der Waals surface area contributed by atoms with Gasteiger partial charge < -0.3 is 10.2 Å². The molecule has 0 aromatic heterocycles. The van der Waals surface area contributed by atoms with E-state index in [9.17, 15) is 0 Å². The highest BCUT2D eigenvalue weighted by atomic mass is 32.2. The van der Waals surface area contributed by atoms with Crippen molar-refractivity contribution in [2.75, 3.05) is 32.1 Å². The molecule has 0 aliphatic carbocycles. The first-order chi connectivity index (χ1) is 6.16. The van der Waals surface area contributed by atoms with Crippen LogP contribution in [0.2, 0.25) is 0 Å². The van der Waals surface area contributed by atoms with E-state index in [1.807, 2.05) is 0 Å². The van der Waals surface area contributed by atoms with Crippen LogP contribution in [0.1, 0.15) is 13.8 Å². The van der Waals surface area contributed by atoms with Crippen LogP contribution in [0.5, 0.6) is 0 Å². The summed E-state index contributed by atoms with van der Waals surface area (Å²) < 4.78 is 0. The Morgan fingerprint density at radius 2 is 2.15 bits per heavy atom. The van der Waals surface area contributed by atoms with Crippen molar-refractivity contribution in [3.63, 3.8) is 0 Å². The van der Waals surface area contributed by atoms with Crippen LogP contribution in [0.3, 0.4) is 0 Å². The zero-order valence-electron chi connectivity index (χ0n) is 9.21.